The van der Waals surface area contributed by atoms with Gasteiger partial charge in [0.2, 0.25) is 0 Å². The van der Waals surface area contributed by atoms with Crippen LogP contribution in [0.5, 0.6) is 0 Å². The molecule has 94 valence electrons. The fourth-order valence-corrected chi connectivity index (χ4v) is 2.34. The highest BCUT2D eigenvalue weighted by atomic mass is 35.5. The van der Waals surface area contributed by atoms with Crippen molar-refractivity contribution in [1.29, 1.82) is 0 Å². The second-order valence-electron chi connectivity index (χ2n) is 3.84. The van der Waals surface area contributed by atoms with Crippen molar-refractivity contribution in [3.8, 4) is 0 Å². The molecule has 0 atom stereocenters. The van der Waals surface area contributed by atoms with Crippen molar-refractivity contribution in [3.05, 3.63) is 35.0 Å². The summed E-state index contributed by atoms with van der Waals surface area (Å²) in [6.07, 6.45) is 5.38. The number of hydrogen-bond donors (Lipinski definition) is 0. The van der Waals surface area contributed by atoms with Crippen molar-refractivity contribution in [1.82, 2.24) is 19.9 Å². The molecule has 0 unspecified atom stereocenters. The summed E-state index contributed by atoms with van der Waals surface area (Å²) in [7, 11) is 0. The summed E-state index contributed by atoms with van der Waals surface area (Å²) in [5.41, 5.74) is 1.03. The van der Waals surface area contributed by atoms with Crippen LogP contribution in [0.1, 0.15) is 24.7 Å². The Labute approximate surface area is 115 Å². The van der Waals surface area contributed by atoms with Crippen molar-refractivity contribution in [2.45, 2.75) is 36.9 Å². The van der Waals surface area contributed by atoms with Gasteiger partial charge in [0.15, 0.2) is 5.16 Å². The van der Waals surface area contributed by atoms with Crippen LogP contribution in [-0.4, -0.2) is 19.9 Å². The molecule has 0 amide bonds. The van der Waals surface area contributed by atoms with Gasteiger partial charge in [0.05, 0.1) is 0 Å². The van der Waals surface area contributed by atoms with Gasteiger partial charge in [-0.1, -0.05) is 18.5 Å². The van der Waals surface area contributed by atoms with Gasteiger partial charge in [-0.15, -0.1) is 0 Å². The lowest BCUT2D eigenvalue weighted by molar-refractivity contribution is 0.808. The summed E-state index contributed by atoms with van der Waals surface area (Å²) >= 11 is 7.36. The Morgan fingerprint density at radius 1 is 1.22 bits per heavy atom. The summed E-state index contributed by atoms with van der Waals surface area (Å²) < 4.78 is 0. The Morgan fingerprint density at radius 2 is 1.94 bits per heavy atom. The van der Waals surface area contributed by atoms with Gasteiger partial charge in [-0.3, -0.25) is 0 Å². The number of halogens is 1. The molecule has 0 radical (unpaired) electrons. The lowest BCUT2D eigenvalue weighted by atomic mass is 10.3. The number of rotatable bonds is 4. The predicted molar refractivity (Wildman–Crippen MR) is 71.9 cm³/mol. The van der Waals surface area contributed by atoms with Crippen LogP contribution in [-0.2, 0) is 6.42 Å². The number of aromatic nitrogens is 4. The Hall–Kier alpha value is -1.20. The molecular weight excluding hydrogens is 268 g/mol. The molecule has 0 fully saturated rings. The molecule has 2 rings (SSSR count). The molecule has 0 aromatic carbocycles. The maximum absolute atomic E-state index is 5.97. The van der Waals surface area contributed by atoms with Crippen molar-refractivity contribution in [2.75, 3.05) is 0 Å². The van der Waals surface area contributed by atoms with Gasteiger partial charge in [-0.2, -0.15) is 0 Å². The first-order valence-corrected chi connectivity index (χ1v) is 6.87. The van der Waals surface area contributed by atoms with E-state index >= 15 is 0 Å². The zero-order chi connectivity index (χ0) is 13.0. The van der Waals surface area contributed by atoms with E-state index < -0.39 is 0 Å². The third-order valence-electron chi connectivity index (χ3n) is 2.14. The van der Waals surface area contributed by atoms with Crippen LogP contribution >= 0.6 is 23.4 Å². The summed E-state index contributed by atoms with van der Waals surface area (Å²) in [5, 5.41) is 1.91. The lowest BCUT2D eigenvalue weighted by Gasteiger charge is -2.03. The predicted octanol–water partition coefficient (Wildman–Crippen LogP) is 3.33. The first-order valence-electron chi connectivity index (χ1n) is 5.67. The standard InChI is InChI=1S/C12H13ClN4S/c1-3-4-10-16-9(13)5-11(17-10)18-12-14-6-8(2)7-15-12/h5-7H,3-4H2,1-2H3. The van der Waals surface area contributed by atoms with Gasteiger partial charge in [-0.25, -0.2) is 19.9 Å². The van der Waals surface area contributed by atoms with Crippen LogP contribution in [0.4, 0.5) is 0 Å². The average Bonchev–Trinajstić information content (AvgIpc) is 2.32. The second-order valence-corrected chi connectivity index (χ2v) is 5.21. The number of aryl methyl sites for hydroxylation is 2. The number of nitrogens with zero attached hydrogens (tertiary/aromatic N) is 4. The van der Waals surface area contributed by atoms with E-state index in [1.165, 1.54) is 11.8 Å². The first kappa shape index (κ1) is 13.2. The van der Waals surface area contributed by atoms with Gasteiger partial charge in [0.1, 0.15) is 16.0 Å². The topological polar surface area (TPSA) is 51.6 Å². The quantitative estimate of drug-likeness (QED) is 0.635. The van der Waals surface area contributed by atoms with Gasteiger partial charge >= 0.3 is 0 Å². The van der Waals surface area contributed by atoms with E-state index in [1.54, 1.807) is 18.5 Å². The molecule has 2 aromatic rings. The maximum atomic E-state index is 5.97. The second kappa shape index (κ2) is 6.11. The molecule has 0 spiro atoms. The molecule has 2 heterocycles. The van der Waals surface area contributed by atoms with E-state index in [2.05, 4.69) is 26.9 Å². The smallest absolute Gasteiger partial charge is 0.193 e. The summed E-state index contributed by atoms with van der Waals surface area (Å²) in [5.74, 6) is 0.764. The van der Waals surface area contributed by atoms with E-state index in [4.69, 9.17) is 11.6 Å². The van der Waals surface area contributed by atoms with Gasteiger partial charge < -0.3 is 0 Å². The highest BCUT2D eigenvalue weighted by Gasteiger charge is 2.06. The van der Waals surface area contributed by atoms with Gasteiger partial charge in [0, 0.05) is 24.9 Å². The zero-order valence-electron chi connectivity index (χ0n) is 10.2. The summed E-state index contributed by atoms with van der Waals surface area (Å²) in [6, 6.07) is 1.73. The van der Waals surface area contributed by atoms with E-state index in [0.29, 0.717) is 10.3 Å². The normalized spacial score (nSPS) is 10.6. The van der Waals surface area contributed by atoms with Gasteiger partial charge in [0.25, 0.3) is 0 Å². The van der Waals surface area contributed by atoms with Crippen molar-refractivity contribution >= 4 is 23.4 Å². The van der Waals surface area contributed by atoms with Crippen LogP contribution in [0.15, 0.2) is 28.6 Å². The molecule has 2 aromatic heterocycles. The van der Waals surface area contributed by atoms with E-state index in [-0.39, 0.29) is 0 Å². The molecule has 0 saturated carbocycles. The van der Waals surface area contributed by atoms with Gasteiger partial charge in [-0.05, 0) is 30.7 Å². The largest absolute Gasteiger partial charge is 0.231 e. The molecule has 4 nitrogen and oxygen atoms in total. The Morgan fingerprint density at radius 3 is 2.61 bits per heavy atom. The van der Waals surface area contributed by atoms with Crippen molar-refractivity contribution in [3.63, 3.8) is 0 Å². The molecule has 0 aliphatic carbocycles. The van der Waals surface area contributed by atoms with Crippen LogP contribution in [0.2, 0.25) is 5.15 Å². The Balaban J connectivity index is 2.20. The molecule has 6 heteroatoms. The molecule has 0 aliphatic heterocycles. The van der Waals surface area contributed by atoms with E-state index in [1.807, 2.05) is 6.92 Å². The molecule has 0 aliphatic rings. The fourth-order valence-electron chi connectivity index (χ4n) is 1.36. The minimum atomic E-state index is 0.461. The van der Waals surface area contributed by atoms with E-state index in [9.17, 15) is 0 Å². The van der Waals surface area contributed by atoms with Crippen LogP contribution in [0.25, 0.3) is 0 Å². The monoisotopic (exact) mass is 280 g/mol. The molecule has 0 N–H and O–H groups in total. The van der Waals surface area contributed by atoms with Crippen molar-refractivity contribution in [2.24, 2.45) is 0 Å². The SMILES string of the molecule is CCCc1nc(Cl)cc(Sc2ncc(C)cn2)n1. The zero-order valence-corrected chi connectivity index (χ0v) is 11.8. The minimum Gasteiger partial charge on any atom is -0.231 e. The summed E-state index contributed by atoms with van der Waals surface area (Å²) in [6.45, 7) is 4.04. The highest BCUT2D eigenvalue weighted by molar-refractivity contribution is 7.99. The van der Waals surface area contributed by atoms with E-state index in [0.717, 1.165) is 29.3 Å². The Bertz CT molecular complexity index is 530. The average molecular weight is 281 g/mol. The Kier molecular flexibility index (Phi) is 4.49. The number of hydrogen-bond acceptors (Lipinski definition) is 5. The minimum absolute atomic E-state index is 0.461. The fraction of sp³-hybridized carbons (Fsp3) is 0.333. The third-order valence-corrected chi connectivity index (χ3v) is 3.15. The van der Waals surface area contributed by atoms with Crippen LogP contribution < -0.4 is 0 Å². The third kappa shape index (κ3) is 3.65. The lowest BCUT2D eigenvalue weighted by Crippen LogP contribution is -1.97. The molecule has 18 heavy (non-hydrogen) atoms. The molecular formula is C12H13ClN4S. The maximum Gasteiger partial charge on any atom is 0.193 e. The highest BCUT2D eigenvalue weighted by Crippen LogP contribution is 2.24. The van der Waals surface area contributed by atoms with Crippen LogP contribution in [0.3, 0.4) is 0 Å². The molecule has 0 bridgehead atoms. The van der Waals surface area contributed by atoms with Crippen molar-refractivity contribution < 1.29 is 0 Å². The molecule has 0 saturated heterocycles. The van der Waals surface area contributed by atoms with Crippen LogP contribution in [0, 0.1) is 6.92 Å². The summed E-state index contributed by atoms with van der Waals surface area (Å²) in [4.78, 5) is 17.1. The first-order chi connectivity index (χ1) is 8.67.